The summed E-state index contributed by atoms with van der Waals surface area (Å²) >= 11 is 1.24. The van der Waals surface area contributed by atoms with Crippen molar-refractivity contribution in [2.45, 2.75) is 57.7 Å². The molecule has 4 aromatic rings. The molecule has 2 aliphatic rings. The second kappa shape index (κ2) is 24.5. The minimum Gasteiger partial charge on any atom is -0.778 e. The number of nitrogens with zero attached hydrogens (tertiary/aromatic N) is 7. The molecule has 3 amide bonds. The first-order valence-corrected chi connectivity index (χ1v) is 26.0. The first-order valence-electron chi connectivity index (χ1n) is 19.5. The van der Waals surface area contributed by atoms with E-state index in [9.17, 15) is 49.8 Å². The van der Waals surface area contributed by atoms with Gasteiger partial charge in [-0.3, -0.25) is 25.1 Å². The molecular weight excluding hydrogens is 988 g/mol. The number of rotatable bonds is 12. The lowest BCUT2D eigenvalue weighted by molar-refractivity contribution is -0.193. The Morgan fingerprint density at radius 3 is 2.44 bits per heavy atom. The fourth-order valence-corrected chi connectivity index (χ4v) is 8.04. The SMILES string of the molecule is C#CCN1C(=O)COc2cc(F)c(N=c3snc4n3CC(C)(C)C4)cc21.COc1nc(C)nc(NC(=O)NS(=O)(=O)c2ccccc2CCC(F)(F)F)n1.C[S+](C)C.O=C(O)CNCP(=O)([O-])O. The number of carboxylic acid groups (broad SMARTS) is 1. The average Bonchev–Trinajstić information content (AvgIpc) is 3.72. The zero-order chi connectivity index (χ0) is 51.2. The van der Waals surface area contributed by atoms with Crippen LogP contribution in [0.3, 0.4) is 0 Å². The smallest absolute Gasteiger partial charge is 0.389 e. The van der Waals surface area contributed by atoms with Crippen LogP contribution in [0.2, 0.25) is 0 Å². The second-order valence-corrected chi connectivity index (χ2v) is 21.9. The minimum atomic E-state index is -4.45. The number of urea groups is 1. The van der Waals surface area contributed by atoms with Gasteiger partial charge in [0, 0.05) is 37.0 Å². The van der Waals surface area contributed by atoms with E-state index in [0.29, 0.717) is 27.1 Å². The quantitative estimate of drug-likeness (QED) is 0.0590. The summed E-state index contributed by atoms with van der Waals surface area (Å²) in [7, 11) is -6.85. The normalized spacial score (nSPS) is 14.8. The van der Waals surface area contributed by atoms with Crippen molar-refractivity contribution < 1.29 is 69.3 Å². The molecule has 6 rings (SSSR count). The van der Waals surface area contributed by atoms with Crippen molar-refractivity contribution >= 4 is 75.3 Å². The number of carboxylic acids is 1. The number of hydrogen-bond acceptors (Lipinski definition) is 16. The summed E-state index contributed by atoms with van der Waals surface area (Å²) in [5, 5.41) is 12.1. The number of methoxy groups -OCH3 is 1. The highest BCUT2D eigenvalue weighted by Gasteiger charge is 2.32. The monoisotopic (exact) mass is 1040 g/mol. The summed E-state index contributed by atoms with van der Waals surface area (Å²) in [5.41, 5.74) is 0.607. The zero-order valence-electron chi connectivity index (χ0n) is 37.6. The number of aliphatic carboxylic acids is 1. The predicted molar refractivity (Wildman–Crippen MR) is 243 cm³/mol. The molecule has 1 atom stereocenters. The number of amides is 3. The molecular formula is C39H49F4N10O11PS3. The largest absolute Gasteiger partial charge is 0.778 e. The topological polar surface area (TPSA) is 293 Å². The van der Waals surface area contributed by atoms with Crippen LogP contribution in [-0.2, 0) is 54.5 Å². The van der Waals surface area contributed by atoms with Crippen LogP contribution in [0, 0.1) is 30.5 Å². The number of ether oxygens (including phenoxy) is 2. The fraction of sp³-hybridized carbons (Fsp3) is 0.436. The number of carbonyl (C=O) groups excluding carboxylic acids is 2. The number of benzene rings is 2. The van der Waals surface area contributed by atoms with E-state index in [4.69, 9.17) is 25.9 Å². The third-order valence-electron chi connectivity index (χ3n) is 8.32. The van der Waals surface area contributed by atoms with Crippen molar-refractivity contribution in [3.8, 4) is 24.1 Å². The highest BCUT2D eigenvalue weighted by atomic mass is 32.2. The molecule has 68 heavy (non-hydrogen) atoms. The Bertz CT molecular complexity index is 2710. The summed E-state index contributed by atoms with van der Waals surface area (Å²) in [6.07, 6.45) is 5.89. The van der Waals surface area contributed by atoms with Crippen LogP contribution >= 0.6 is 19.1 Å². The van der Waals surface area contributed by atoms with E-state index in [1.807, 2.05) is 9.88 Å². The van der Waals surface area contributed by atoms with Crippen molar-refractivity contribution in [3.05, 3.63) is 64.2 Å². The van der Waals surface area contributed by atoms with Gasteiger partial charge >= 0.3 is 24.2 Å². The standard InChI is InChI=1S/C18H17FN4O2S.C15H16F3N5O4S.C3H8NO5P.C3H9S/c1-4-5-22-13-7-12(11(19)6-14(13)25-9-16(22)24)20-17-23-10-18(2,3)8-15(23)21-26-17;1-9-19-12(22-14(20-9)27-2)21-13(24)23-28(25,26)11-6-4-3-5-10(11)7-8-15(16,17)18;5-3(6)1-4-2-10(7,8)9;1-4(2)3/h1,6-7H,5,8-10H2,2-3H3;3-6H,7-8H2,1-2H3,(H2,19,20,21,22,23,24);4H,1-2H2,(H,5,6)(H2,7,8,9);1-3H3/q;;;+1/p-1. The van der Waals surface area contributed by atoms with Crippen molar-refractivity contribution in [1.82, 2.24) is 33.9 Å². The maximum absolute atomic E-state index is 14.5. The van der Waals surface area contributed by atoms with Crippen LogP contribution in [0.1, 0.15) is 37.5 Å². The lowest BCUT2D eigenvalue weighted by atomic mass is 9.92. The van der Waals surface area contributed by atoms with Gasteiger partial charge in [-0.2, -0.15) is 32.5 Å². The van der Waals surface area contributed by atoms with Gasteiger partial charge in [0.05, 0.1) is 55.8 Å². The van der Waals surface area contributed by atoms with Crippen LogP contribution in [0.25, 0.3) is 0 Å². The van der Waals surface area contributed by atoms with Crippen molar-refractivity contribution in [3.63, 3.8) is 0 Å². The van der Waals surface area contributed by atoms with Gasteiger partial charge in [0.1, 0.15) is 30.7 Å². The highest BCUT2D eigenvalue weighted by molar-refractivity contribution is 7.94. The van der Waals surface area contributed by atoms with E-state index in [1.54, 1.807) is 4.72 Å². The molecule has 0 radical (unpaired) electrons. The van der Waals surface area contributed by atoms with Crippen LogP contribution in [-0.4, -0.2) is 118 Å². The number of nitrogens with one attached hydrogen (secondary N) is 3. The summed E-state index contributed by atoms with van der Waals surface area (Å²) in [5.74, 6) is 1.70. The molecule has 2 aromatic heterocycles. The number of carbonyl (C=O) groups is 3. The van der Waals surface area contributed by atoms with Gasteiger partial charge < -0.3 is 33.5 Å². The number of hydrogen-bond donors (Lipinski definition) is 5. The number of fused-ring (bicyclic) bond motifs is 2. The number of aromatic nitrogens is 5. The molecule has 0 saturated heterocycles. The molecule has 29 heteroatoms. The van der Waals surface area contributed by atoms with E-state index in [1.165, 1.54) is 60.8 Å². The molecule has 0 spiro atoms. The number of sulfonamides is 1. The van der Waals surface area contributed by atoms with Crippen LogP contribution in [0.5, 0.6) is 11.8 Å². The predicted octanol–water partition coefficient (Wildman–Crippen LogP) is 3.11. The van der Waals surface area contributed by atoms with Crippen molar-refractivity contribution in [2.24, 2.45) is 10.4 Å². The molecule has 0 saturated carbocycles. The third kappa shape index (κ3) is 18.8. The maximum Gasteiger partial charge on any atom is 0.389 e. The number of terminal acetylenes is 1. The van der Waals surface area contributed by atoms with Crippen molar-refractivity contribution in [2.75, 3.05) is 62.1 Å². The van der Waals surface area contributed by atoms with Crippen LogP contribution in [0.4, 0.5) is 39.7 Å². The molecule has 0 fully saturated rings. The lowest BCUT2D eigenvalue weighted by Gasteiger charge is -2.28. The van der Waals surface area contributed by atoms with Crippen LogP contribution in [0.15, 0.2) is 46.3 Å². The molecule has 2 aromatic carbocycles. The van der Waals surface area contributed by atoms with Crippen LogP contribution < -0.4 is 39.4 Å². The van der Waals surface area contributed by atoms with Gasteiger partial charge in [-0.1, -0.05) is 38.0 Å². The van der Waals surface area contributed by atoms with Crippen molar-refractivity contribution in [1.29, 1.82) is 0 Å². The van der Waals surface area contributed by atoms with Gasteiger partial charge in [-0.05, 0) is 47.4 Å². The number of alkyl halides is 3. The van der Waals surface area contributed by atoms with E-state index in [-0.39, 0.29) is 53.5 Å². The molecule has 1 unspecified atom stereocenters. The summed E-state index contributed by atoms with van der Waals surface area (Å²) in [4.78, 5) is 69.3. The first kappa shape index (κ1) is 56.6. The molecule has 4 heterocycles. The second-order valence-electron chi connectivity index (χ2n) is 15.5. The molecule has 0 aliphatic carbocycles. The number of aryl methyl sites for hydroxylation is 2. The summed E-state index contributed by atoms with van der Waals surface area (Å²) in [6, 6.07) is 6.57. The molecule has 5 N–H and O–H groups in total. The first-order chi connectivity index (χ1) is 31.5. The Labute approximate surface area is 395 Å². The van der Waals surface area contributed by atoms with Gasteiger partial charge in [-0.15, -0.1) is 6.42 Å². The van der Waals surface area contributed by atoms with E-state index in [0.717, 1.165) is 24.9 Å². The molecule has 2 aliphatic heterocycles. The van der Waals surface area contributed by atoms with Gasteiger partial charge in [0.2, 0.25) is 10.7 Å². The Morgan fingerprint density at radius 1 is 1.18 bits per heavy atom. The number of anilines is 2. The third-order valence-corrected chi connectivity index (χ3v) is 11.2. The molecule has 0 bridgehead atoms. The fourth-order valence-electron chi connectivity index (χ4n) is 5.71. The van der Waals surface area contributed by atoms with E-state index >= 15 is 0 Å². The van der Waals surface area contributed by atoms with Gasteiger partial charge in [0.15, 0.2) is 12.4 Å². The lowest BCUT2D eigenvalue weighted by Crippen LogP contribution is -2.39. The zero-order valence-corrected chi connectivity index (χ0v) is 40.9. The van der Waals surface area contributed by atoms with E-state index < -0.39 is 72.2 Å². The number of halogens is 4. The Hall–Kier alpha value is -5.69. The minimum absolute atomic E-state index is 0.0715. The molecule has 372 valence electrons. The Kier molecular flexibility index (Phi) is 20.4. The Morgan fingerprint density at radius 2 is 1.84 bits per heavy atom. The van der Waals surface area contributed by atoms with E-state index in [2.05, 4.69) is 68.2 Å². The molecule has 21 nitrogen and oxygen atoms in total. The highest BCUT2D eigenvalue weighted by Crippen LogP contribution is 2.38. The summed E-state index contributed by atoms with van der Waals surface area (Å²) in [6.45, 7) is 6.08. The summed E-state index contributed by atoms with van der Waals surface area (Å²) < 4.78 is 105. The maximum atomic E-state index is 14.5. The average molecular weight is 1040 g/mol. The van der Waals surface area contributed by atoms with Gasteiger partial charge in [-0.25, -0.2) is 27.3 Å². The van der Waals surface area contributed by atoms with Gasteiger partial charge in [0.25, 0.3) is 15.9 Å². The Balaban J connectivity index is 0.000000283.